The number of halogens is 1. The van der Waals surface area contributed by atoms with E-state index in [1.807, 2.05) is 0 Å². The average Bonchev–Trinajstić information content (AvgIpc) is 3.48. The highest BCUT2D eigenvalue weighted by Gasteiger charge is 2.30. The lowest BCUT2D eigenvalue weighted by molar-refractivity contribution is -0.122. The van der Waals surface area contributed by atoms with Crippen LogP contribution >= 0.6 is 11.8 Å². The van der Waals surface area contributed by atoms with E-state index in [-0.39, 0.29) is 35.9 Å². The van der Waals surface area contributed by atoms with Gasteiger partial charge in [0.15, 0.2) is 10.8 Å². The van der Waals surface area contributed by atoms with Crippen LogP contribution in [0.5, 0.6) is 0 Å². The van der Waals surface area contributed by atoms with E-state index in [9.17, 15) is 14.0 Å². The lowest BCUT2D eigenvalue weighted by atomic mass is 10.2. The first-order chi connectivity index (χ1) is 14.6. The zero-order valence-corrected chi connectivity index (χ0v) is 16.9. The van der Waals surface area contributed by atoms with Crippen LogP contribution in [0.15, 0.2) is 40.4 Å². The van der Waals surface area contributed by atoms with Crippen molar-refractivity contribution in [3.63, 3.8) is 0 Å². The van der Waals surface area contributed by atoms with Gasteiger partial charge >= 0.3 is 0 Å². The van der Waals surface area contributed by atoms with Gasteiger partial charge in [0.2, 0.25) is 5.91 Å². The fourth-order valence-corrected chi connectivity index (χ4v) is 5.00. The van der Waals surface area contributed by atoms with Gasteiger partial charge in [0.25, 0.3) is 5.56 Å². The fraction of sp³-hybridized carbons (Fsp3) is 0.400. The van der Waals surface area contributed by atoms with Gasteiger partial charge in [-0.25, -0.2) is 14.1 Å². The van der Waals surface area contributed by atoms with E-state index in [0.29, 0.717) is 34.2 Å². The predicted octanol–water partition coefficient (Wildman–Crippen LogP) is 2.05. The van der Waals surface area contributed by atoms with E-state index in [4.69, 9.17) is 4.74 Å². The van der Waals surface area contributed by atoms with Crippen molar-refractivity contribution in [2.24, 2.45) is 0 Å². The van der Waals surface area contributed by atoms with Gasteiger partial charge in [-0.05, 0) is 37.1 Å². The Balaban J connectivity index is 1.39. The van der Waals surface area contributed by atoms with Crippen LogP contribution < -0.4 is 10.9 Å². The number of hydrogen-bond acceptors (Lipinski definition) is 6. The minimum atomic E-state index is -0.347. The molecule has 2 aliphatic rings. The molecule has 2 aromatic heterocycles. The summed E-state index contributed by atoms with van der Waals surface area (Å²) in [5, 5.41) is 8.12. The minimum absolute atomic E-state index is 0.0838. The molecule has 0 bridgehead atoms. The Hall–Kier alpha value is -2.72. The molecule has 1 aromatic carbocycles. The third-order valence-corrected chi connectivity index (χ3v) is 6.51. The molecule has 156 valence electrons. The third-order valence-electron chi connectivity index (χ3n) is 5.41. The predicted molar refractivity (Wildman–Crippen MR) is 109 cm³/mol. The molecule has 0 aliphatic carbocycles. The van der Waals surface area contributed by atoms with Crippen molar-refractivity contribution >= 4 is 28.7 Å². The number of carbonyl (C=O) groups is 1. The summed E-state index contributed by atoms with van der Waals surface area (Å²) in [5.74, 6) is 0.157. The van der Waals surface area contributed by atoms with Gasteiger partial charge in [-0.1, -0.05) is 11.8 Å². The summed E-state index contributed by atoms with van der Waals surface area (Å²) in [4.78, 5) is 30.1. The number of hydrogen-bond donors (Lipinski definition) is 1. The number of thioether (sulfide) groups is 1. The van der Waals surface area contributed by atoms with Crippen LogP contribution in [0, 0.1) is 5.82 Å². The van der Waals surface area contributed by atoms with Crippen LogP contribution in [0.4, 0.5) is 4.39 Å². The Bertz CT molecular complexity index is 1150. The van der Waals surface area contributed by atoms with Crippen molar-refractivity contribution in [1.29, 1.82) is 0 Å². The summed E-state index contributed by atoms with van der Waals surface area (Å²) in [7, 11) is 0. The second kappa shape index (κ2) is 7.84. The highest BCUT2D eigenvalue weighted by Crippen LogP contribution is 2.33. The lowest BCUT2D eigenvalue weighted by Crippen LogP contribution is -2.34. The van der Waals surface area contributed by atoms with Gasteiger partial charge in [-0.15, -0.1) is 0 Å². The maximum Gasteiger partial charge on any atom is 0.265 e. The minimum Gasteiger partial charge on any atom is -0.376 e. The quantitative estimate of drug-likeness (QED) is 0.625. The molecular weight excluding hydrogens is 409 g/mol. The maximum absolute atomic E-state index is 13.2. The molecule has 5 rings (SSSR count). The average molecular weight is 429 g/mol. The van der Waals surface area contributed by atoms with E-state index in [1.165, 1.54) is 34.8 Å². The van der Waals surface area contributed by atoms with Gasteiger partial charge in [0.1, 0.15) is 11.2 Å². The normalized spacial score (nSPS) is 20.6. The van der Waals surface area contributed by atoms with E-state index in [1.54, 1.807) is 16.7 Å². The summed E-state index contributed by atoms with van der Waals surface area (Å²) in [6, 6.07) is 5.59. The van der Waals surface area contributed by atoms with Gasteiger partial charge in [-0.2, -0.15) is 5.10 Å². The number of aromatic nitrogens is 4. The molecule has 10 heteroatoms. The topological polar surface area (TPSA) is 91.0 Å². The number of nitrogens with one attached hydrogen (secondary N) is 1. The first-order valence-electron chi connectivity index (χ1n) is 9.87. The number of ether oxygens (including phenoxy) is 1. The van der Waals surface area contributed by atoms with E-state index in [0.717, 1.165) is 19.4 Å². The molecule has 1 amide bonds. The molecule has 1 saturated heterocycles. The van der Waals surface area contributed by atoms with Crippen molar-refractivity contribution < 1.29 is 13.9 Å². The number of fused-ring (bicyclic) bond motifs is 2. The summed E-state index contributed by atoms with van der Waals surface area (Å²) < 4.78 is 21.9. The summed E-state index contributed by atoms with van der Waals surface area (Å²) in [6.07, 6.45) is 3.75. The van der Waals surface area contributed by atoms with Crippen molar-refractivity contribution in [1.82, 2.24) is 24.6 Å². The Morgan fingerprint density at radius 1 is 1.33 bits per heavy atom. The highest BCUT2D eigenvalue weighted by molar-refractivity contribution is 7.99. The van der Waals surface area contributed by atoms with Crippen molar-refractivity contribution in [2.75, 3.05) is 18.9 Å². The van der Waals surface area contributed by atoms with Crippen LogP contribution in [0.25, 0.3) is 16.7 Å². The fourth-order valence-electron chi connectivity index (χ4n) is 3.87. The number of nitrogens with zero attached hydrogens (tertiary/aromatic N) is 4. The Morgan fingerprint density at radius 2 is 2.17 bits per heavy atom. The van der Waals surface area contributed by atoms with E-state index >= 15 is 0 Å². The molecule has 0 spiro atoms. The Kier molecular flexibility index (Phi) is 5.03. The van der Waals surface area contributed by atoms with Crippen LogP contribution in [0.1, 0.15) is 25.3 Å². The molecule has 1 fully saturated rings. The smallest absolute Gasteiger partial charge is 0.265 e. The van der Waals surface area contributed by atoms with E-state index in [2.05, 4.69) is 15.4 Å². The van der Waals surface area contributed by atoms with Gasteiger partial charge in [0, 0.05) is 25.3 Å². The molecule has 30 heavy (non-hydrogen) atoms. The molecule has 3 aromatic rings. The third kappa shape index (κ3) is 3.50. The second-order valence-electron chi connectivity index (χ2n) is 7.45. The number of amides is 1. The van der Waals surface area contributed by atoms with Gasteiger partial charge in [-0.3, -0.25) is 14.2 Å². The standard InChI is InChI=1S/C20H20FN5O3S/c21-12-3-5-13(6-4-12)26-18-16(10-23-26)19(28)25-14(11-30-20(25)24-18)8-17(27)22-9-15-2-1-7-29-15/h3-6,10,14-15H,1-2,7-9,11H2,(H,22,27)/t14-,15+/m1/s1. The summed E-state index contributed by atoms with van der Waals surface area (Å²) in [5.41, 5.74) is 0.829. The SMILES string of the molecule is O=C(C[C@@H]1CSc2nc3c(cnn3-c3ccc(F)cc3)c(=O)n21)NC[C@@H]1CCCO1. The first-order valence-corrected chi connectivity index (χ1v) is 10.9. The molecule has 2 atom stereocenters. The van der Waals surface area contributed by atoms with Gasteiger partial charge < -0.3 is 10.1 Å². The van der Waals surface area contributed by atoms with E-state index < -0.39 is 0 Å². The second-order valence-corrected chi connectivity index (χ2v) is 8.43. The Labute approximate surface area is 175 Å². The zero-order chi connectivity index (χ0) is 20.7. The molecule has 8 nitrogen and oxygen atoms in total. The summed E-state index contributed by atoms with van der Waals surface area (Å²) >= 11 is 1.45. The maximum atomic E-state index is 13.2. The van der Waals surface area contributed by atoms with Crippen LogP contribution in [-0.4, -0.2) is 50.2 Å². The van der Waals surface area contributed by atoms with Crippen LogP contribution in [-0.2, 0) is 9.53 Å². The number of carbonyl (C=O) groups excluding carboxylic acids is 1. The molecule has 0 unspecified atom stereocenters. The molecule has 2 aliphatic heterocycles. The van der Waals surface area contributed by atoms with Gasteiger partial charge in [0.05, 0.1) is 24.0 Å². The first kappa shape index (κ1) is 19.3. The Morgan fingerprint density at radius 3 is 2.93 bits per heavy atom. The highest BCUT2D eigenvalue weighted by atomic mass is 32.2. The van der Waals surface area contributed by atoms with Crippen molar-refractivity contribution in [3.8, 4) is 5.69 Å². The molecule has 0 radical (unpaired) electrons. The largest absolute Gasteiger partial charge is 0.376 e. The van der Waals surface area contributed by atoms with Crippen LogP contribution in [0.3, 0.4) is 0 Å². The zero-order valence-electron chi connectivity index (χ0n) is 16.1. The molecule has 1 N–H and O–H groups in total. The van der Waals surface area contributed by atoms with Crippen molar-refractivity contribution in [3.05, 3.63) is 46.6 Å². The monoisotopic (exact) mass is 429 g/mol. The molecule has 0 saturated carbocycles. The lowest BCUT2D eigenvalue weighted by Gasteiger charge is -2.15. The number of rotatable bonds is 5. The van der Waals surface area contributed by atoms with Crippen molar-refractivity contribution in [2.45, 2.75) is 36.6 Å². The molecule has 4 heterocycles. The summed E-state index contributed by atoms with van der Waals surface area (Å²) in [6.45, 7) is 1.25. The number of benzene rings is 1. The molecular formula is C20H20FN5O3S. The van der Waals surface area contributed by atoms with Crippen LogP contribution in [0.2, 0.25) is 0 Å².